The topological polar surface area (TPSA) is 9.86 Å². The number of nitrogens with zero attached hydrogens (tertiary/aromatic N) is 2. The van der Waals surface area contributed by atoms with Crippen molar-refractivity contribution in [3.63, 3.8) is 0 Å². The van der Waals surface area contributed by atoms with Gasteiger partial charge in [-0.3, -0.25) is 0 Å². The summed E-state index contributed by atoms with van der Waals surface area (Å²) < 4.78 is 4.49. The van der Waals surface area contributed by atoms with E-state index < -0.39 is 8.07 Å². The molecule has 0 aliphatic carbocycles. The summed E-state index contributed by atoms with van der Waals surface area (Å²) in [5, 5.41) is 10.4. The molecule has 0 saturated carbocycles. The minimum atomic E-state index is -1.42. The predicted octanol–water partition coefficient (Wildman–Crippen LogP) is 7.36. The van der Waals surface area contributed by atoms with Gasteiger partial charge in [0.2, 0.25) is 0 Å². The maximum Gasteiger partial charge on any atom is 0.129 e. The van der Waals surface area contributed by atoms with Gasteiger partial charge in [0.05, 0.1) is 16.7 Å². The molecule has 4 aromatic carbocycles. The summed E-state index contributed by atoms with van der Waals surface area (Å²) >= 11 is 0. The minimum absolute atomic E-state index is 1.10. The lowest BCUT2D eigenvalue weighted by Crippen LogP contribution is -2.16. The summed E-state index contributed by atoms with van der Waals surface area (Å²) in [5.41, 5.74) is 7.18. The van der Waals surface area contributed by atoms with Crippen LogP contribution >= 0.6 is 0 Å². The first-order valence-corrected chi connectivity index (χ1v) is 14.7. The fourth-order valence-electron chi connectivity index (χ4n) is 5.06. The Bertz CT molecular complexity index is 1780. The SMILES string of the molecule is Cn1ccc2ccc3c4ccc5c(ccc6cc(C#C[Si](C)(C)C)n(C)c65)c4ccc3c21. The van der Waals surface area contributed by atoms with Crippen LogP contribution in [0.2, 0.25) is 19.6 Å². The van der Waals surface area contributed by atoms with Crippen molar-refractivity contribution in [2.75, 3.05) is 0 Å². The highest BCUT2D eigenvalue weighted by Crippen LogP contribution is 2.37. The lowest BCUT2D eigenvalue weighted by atomic mass is 9.95. The molecule has 0 radical (unpaired) electrons. The first-order valence-electron chi connectivity index (χ1n) is 11.2. The van der Waals surface area contributed by atoms with Crippen LogP contribution in [0.3, 0.4) is 0 Å². The Morgan fingerprint density at radius 3 is 1.81 bits per heavy atom. The van der Waals surface area contributed by atoms with E-state index in [9.17, 15) is 0 Å². The molecule has 0 fully saturated rings. The standard InChI is InChI=1S/C29H26N2Si/c1-30-16-14-19-6-8-24-22-11-13-27-25(23(22)10-12-26(24)28(19)30)9-7-20-18-21(31(2)29(20)27)15-17-32(3,4)5/h6-14,16,18H,1-5H3. The Hall–Kier alpha value is -3.48. The van der Waals surface area contributed by atoms with Crippen LogP contribution in [0.4, 0.5) is 0 Å². The zero-order chi connectivity index (χ0) is 22.2. The van der Waals surface area contributed by atoms with Gasteiger partial charge >= 0.3 is 0 Å². The Morgan fingerprint density at radius 2 is 1.16 bits per heavy atom. The molecule has 2 aromatic heterocycles. The lowest BCUT2D eigenvalue weighted by molar-refractivity contribution is 0.955. The van der Waals surface area contributed by atoms with Crippen LogP contribution in [0.5, 0.6) is 0 Å². The highest BCUT2D eigenvalue weighted by molar-refractivity contribution is 6.83. The number of benzene rings is 4. The molecule has 0 N–H and O–H groups in total. The zero-order valence-corrected chi connectivity index (χ0v) is 20.2. The van der Waals surface area contributed by atoms with Crippen molar-refractivity contribution >= 4 is 62.2 Å². The maximum absolute atomic E-state index is 3.52. The normalized spacial score (nSPS) is 12.3. The van der Waals surface area contributed by atoms with Crippen LogP contribution in [-0.2, 0) is 14.1 Å². The number of hydrogen-bond acceptors (Lipinski definition) is 0. The van der Waals surface area contributed by atoms with E-state index >= 15 is 0 Å². The van der Waals surface area contributed by atoms with Gasteiger partial charge in [-0.05, 0) is 33.7 Å². The second-order valence-electron chi connectivity index (χ2n) is 9.94. The summed E-state index contributed by atoms with van der Waals surface area (Å²) in [6.45, 7) is 6.87. The Labute approximate surface area is 189 Å². The molecule has 6 rings (SSSR count). The largest absolute Gasteiger partial charge is 0.350 e. The van der Waals surface area contributed by atoms with Gasteiger partial charge < -0.3 is 9.13 Å². The van der Waals surface area contributed by atoms with Gasteiger partial charge in [0, 0.05) is 41.8 Å². The van der Waals surface area contributed by atoms with Crippen molar-refractivity contribution in [1.82, 2.24) is 9.13 Å². The van der Waals surface area contributed by atoms with Crippen LogP contribution in [0.15, 0.2) is 66.9 Å². The fraction of sp³-hybridized carbons (Fsp3) is 0.172. The molecule has 0 aliphatic heterocycles. The van der Waals surface area contributed by atoms with E-state index in [2.05, 4.69) is 121 Å². The number of fused-ring (bicyclic) bond motifs is 9. The van der Waals surface area contributed by atoms with Gasteiger partial charge in [0.15, 0.2) is 0 Å². The van der Waals surface area contributed by atoms with E-state index in [0.717, 1.165) is 5.69 Å². The Morgan fingerprint density at radius 1 is 0.625 bits per heavy atom. The number of rotatable bonds is 0. The first-order chi connectivity index (χ1) is 15.3. The molecule has 0 aliphatic rings. The third-order valence-corrected chi connectivity index (χ3v) is 7.46. The van der Waals surface area contributed by atoms with Crippen molar-refractivity contribution in [1.29, 1.82) is 0 Å². The second-order valence-corrected chi connectivity index (χ2v) is 14.7. The van der Waals surface area contributed by atoms with E-state index in [1.165, 1.54) is 54.1 Å². The van der Waals surface area contributed by atoms with Crippen molar-refractivity contribution in [2.45, 2.75) is 19.6 Å². The molecular weight excluding hydrogens is 404 g/mol. The quantitative estimate of drug-likeness (QED) is 0.135. The summed E-state index contributed by atoms with van der Waals surface area (Å²) in [6, 6.07) is 22.7. The number of aryl methyl sites for hydroxylation is 2. The molecule has 2 nitrogen and oxygen atoms in total. The Balaban J connectivity index is 1.68. The molecule has 0 unspecified atom stereocenters. The van der Waals surface area contributed by atoms with E-state index in [0.29, 0.717) is 0 Å². The first kappa shape index (κ1) is 19.2. The van der Waals surface area contributed by atoms with Crippen LogP contribution in [0.1, 0.15) is 5.69 Å². The Kier molecular flexibility index (Phi) is 3.91. The highest BCUT2D eigenvalue weighted by atomic mass is 28.3. The summed E-state index contributed by atoms with van der Waals surface area (Å²) in [7, 11) is 2.85. The molecule has 156 valence electrons. The monoisotopic (exact) mass is 430 g/mol. The highest BCUT2D eigenvalue weighted by Gasteiger charge is 2.13. The van der Waals surface area contributed by atoms with Crippen molar-refractivity contribution in [3.8, 4) is 11.5 Å². The van der Waals surface area contributed by atoms with E-state index in [4.69, 9.17) is 0 Å². The number of hydrogen-bond donors (Lipinski definition) is 0. The summed E-state index contributed by atoms with van der Waals surface area (Å²) in [6.07, 6.45) is 2.14. The van der Waals surface area contributed by atoms with Crippen LogP contribution in [0, 0.1) is 11.5 Å². The summed E-state index contributed by atoms with van der Waals surface area (Å²) in [4.78, 5) is 0. The zero-order valence-electron chi connectivity index (χ0n) is 19.2. The molecule has 0 bridgehead atoms. The van der Waals surface area contributed by atoms with E-state index in [1.54, 1.807) is 0 Å². The lowest BCUT2D eigenvalue weighted by Gasteiger charge is -2.11. The molecule has 6 aromatic rings. The van der Waals surface area contributed by atoms with Gasteiger partial charge in [-0.15, -0.1) is 5.54 Å². The van der Waals surface area contributed by atoms with Gasteiger partial charge in [-0.1, -0.05) is 74.1 Å². The van der Waals surface area contributed by atoms with Gasteiger partial charge in [0.25, 0.3) is 0 Å². The molecule has 2 heterocycles. The van der Waals surface area contributed by atoms with Crippen molar-refractivity contribution in [2.24, 2.45) is 14.1 Å². The van der Waals surface area contributed by atoms with E-state index in [-0.39, 0.29) is 0 Å². The van der Waals surface area contributed by atoms with Gasteiger partial charge in [-0.2, -0.15) is 0 Å². The second kappa shape index (κ2) is 6.51. The molecule has 32 heavy (non-hydrogen) atoms. The van der Waals surface area contributed by atoms with E-state index in [1.807, 2.05) is 0 Å². The van der Waals surface area contributed by atoms with Crippen LogP contribution in [-0.4, -0.2) is 17.2 Å². The molecular formula is C29H26N2Si. The average molecular weight is 431 g/mol. The van der Waals surface area contributed by atoms with Gasteiger partial charge in [-0.25, -0.2) is 0 Å². The van der Waals surface area contributed by atoms with Gasteiger partial charge in [0.1, 0.15) is 8.07 Å². The average Bonchev–Trinajstić information content (AvgIpc) is 3.31. The summed E-state index contributed by atoms with van der Waals surface area (Å²) in [5.74, 6) is 3.46. The molecule has 0 atom stereocenters. The predicted molar refractivity (Wildman–Crippen MR) is 142 cm³/mol. The van der Waals surface area contributed by atoms with Crippen molar-refractivity contribution < 1.29 is 0 Å². The molecule has 0 spiro atoms. The molecule has 3 heteroatoms. The van der Waals surface area contributed by atoms with Crippen LogP contribution < -0.4 is 0 Å². The third-order valence-electron chi connectivity index (χ3n) is 6.59. The molecule has 0 amide bonds. The third kappa shape index (κ3) is 2.73. The fourth-order valence-corrected chi connectivity index (χ4v) is 5.56. The molecule has 0 saturated heterocycles. The van der Waals surface area contributed by atoms with Crippen LogP contribution in [0.25, 0.3) is 54.1 Å². The van der Waals surface area contributed by atoms with Crippen molar-refractivity contribution in [3.05, 3.63) is 72.6 Å². The minimum Gasteiger partial charge on any atom is -0.350 e. The smallest absolute Gasteiger partial charge is 0.129 e. The number of aromatic nitrogens is 2. The maximum atomic E-state index is 3.52.